The molecule has 0 aliphatic carbocycles. The summed E-state index contributed by atoms with van der Waals surface area (Å²) in [4.78, 5) is 12.1. The van der Waals surface area contributed by atoms with E-state index in [4.69, 9.17) is 0 Å². The Balaban J connectivity index is 1.57. The molecule has 0 radical (unpaired) electrons. The molecule has 142 valence electrons. The number of thioether (sulfide) groups is 1. The van der Waals surface area contributed by atoms with Crippen molar-refractivity contribution in [1.82, 2.24) is 20.1 Å². The highest BCUT2D eigenvalue weighted by Crippen LogP contribution is 2.25. The van der Waals surface area contributed by atoms with Crippen LogP contribution in [0.1, 0.15) is 18.1 Å². The predicted molar refractivity (Wildman–Crippen MR) is 113 cm³/mol. The molecule has 2 aromatic carbocycles. The quantitative estimate of drug-likeness (QED) is 0.517. The Morgan fingerprint density at radius 2 is 1.86 bits per heavy atom. The Hall–Kier alpha value is -3.04. The van der Waals surface area contributed by atoms with E-state index in [0.29, 0.717) is 6.54 Å². The first-order chi connectivity index (χ1) is 13.7. The van der Waals surface area contributed by atoms with Crippen molar-refractivity contribution in [3.05, 3.63) is 65.7 Å². The highest BCUT2D eigenvalue weighted by Gasteiger charge is 2.15. The summed E-state index contributed by atoms with van der Waals surface area (Å²) >= 11 is 1.38. The zero-order valence-corrected chi connectivity index (χ0v) is 16.8. The fourth-order valence-electron chi connectivity index (χ4n) is 2.70. The van der Waals surface area contributed by atoms with Gasteiger partial charge in [-0.1, -0.05) is 66.1 Å². The molecule has 1 heterocycles. The van der Waals surface area contributed by atoms with Gasteiger partial charge in [-0.25, -0.2) is 0 Å². The summed E-state index contributed by atoms with van der Waals surface area (Å²) in [6.07, 6.45) is 0. The van der Waals surface area contributed by atoms with Crippen LogP contribution in [0, 0.1) is 18.8 Å². The monoisotopic (exact) mass is 390 g/mol. The standard InChI is InChI=1S/C22H22N4OS/c1-3-26-21(19-14-8-7-10-17(19)2)24-25-22(26)28-16-20(27)23-15-9-13-18-11-5-4-6-12-18/h4-8,10-12,14H,3,15-16H2,1-2H3,(H,23,27). The van der Waals surface area contributed by atoms with Gasteiger partial charge < -0.3 is 9.88 Å². The molecule has 1 N–H and O–H groups in total. The second kappa shape index (κ2) is 9.77. The number of hydrogen-bond acceptors (Lipinski definition) is 4. The summed E-state index contributed by atoms with van der Waals surface area (Å²) in [5, 5.41) is 12.2. The molecule has 0 saturated heterocycles. The summed E-state index contributed by atoms with van der Waals surface area (Å²) < 4.78 is 2.04. The van der Waals surface area contributed by atoms with Crippen LogP contribution in [-0.2, 0) is 11.3 Å². The minimum atomic E-state index is -0.0737. The Bertz CT molecular complexity index is 1000. The lowest BCUT2D eigenvalue weighted by Gasteiger charge is -2.09. The summed E-state index contributed by atoms with van der Waals surface area (Å²) in [6.45, 7) is 5.17. The lowest BCUT2D eigenvalue weighted by molar-refractivity contribution is -0.118. The molecule has 1 aromatic heterocycles. The third-order valence-electron chi connectivity index (χ3n) is 4.13. The van der Waals surface area contributed by atoms with Gasteiger partial charge in [0.1, 0.15) is 0 Å². The average Bonchev–Trinajstić information content (AvgIpc) is 3.13. The zero-order chi connectivity index (χ0) is 19.8. The Morgan fingerprint density at radius 3 is 2.61 bits per heavy atom. The van der Waals surface area contributed by atoms with Crippen molar-refractivity contribution in [1.29, 1.82) is 0 Å². The molecule has 0 bridgehead atoms. The van der Waals surface area contributed by atoms with Crippen LogP contribution in [0.15, 0.2) is 59.8 Å². The average molecular weight is 391 g/mol. The minimum Gasteiger partial charge on any atom is -0.344 e. The van der Waals surface area contributed by atoms with E-state index >= 15 is 0 Å². The maximum atomic E-state index is 12.1. The maximum absolute atomic E-state index is 12.1. The molecule has 3 rings (SSSR count). The number of nitrogens with zero attached hydrogens (tertiary/aromatic N) is 3. The highest BCUT2D eigenvalue weighted by molar-refractivity contribution is 7.99. The zero-order valence-electron chi connectivity index (χ0n) is 16.0. The Morgan fingerprint density at radius 1 is 1.11 bits per heavy atom. The van der Waals surface area contributed by atoms with Crippen LogP contribution in [0.25, 0.3) is 11.4 Å². The van der Waals surface area contributed by atoms with Crippen LogP contribution >= 0.6 is 11.8 Å². The van der Waals surface area contributed by atoms with Crippen molar-refractivity contribution in [3.63, 3.8) is 0 Å². The SMILES string of the molecule is CCn1c(SCC(=O)NCC#Cc2ccccc2)nnc1-c1ccccc1C. The van der Waals surface area contributed by atoms with Gasteiger partial charge in [0.15, 0.2) is 11.0 Å². The maximum Gasteiger partial charge on any atom is 0.231 e. The summed E-state index contributed by atoms with van der Waals surface area (Å²) in [5.41, 5.74) is 3.14. The lowest BCUT2D eigenvalue weighted by Crippen LogP contribution is -2.25. The topological polar surface area (TPSA) is 59.8 Å². The Kier molecular flexibility index (Phi) is 6.88. The summed E-state index contributed by atoms with van der Waals surface area (Å²) in [5.74, 6) is 7.02. The molecule has 3 aromatic rings. The van der Waals surface area contributed by atoms with Crippen molar-refractivity contribution in [2.24, 2.45) is 0 Å². The number of hydrogen-bond donors (Lipinski definition) is 1. The van der Waals surface area contributed by atoms with Crippen molar-refractivity contribution in [3.8, 4) is 23.2 Å². The highest BCUT2D eigenvalue weighted by atomic mass is 32.2. The molecule has 0 atom stereocenters. The minimum absolute atomic E-state index is 0.0737. The molecule has 5 nitrogen and oxygen atoms in total. The number of rotatable bonds is 6. The summed E-state index contributed by atoms with van der Waals surface area (Å²) in [7, 11) is 0. The second-order valence-electron chi connectivity index (χ2n) is 6.10. The van der Waals surface area contributed by atoms with Crippen LogP contribution in [0.3, 0.4) is 0 Å². The normalized spacial score (nSPS) is 10.2. The van der Waals surface area contributed by atoms with E-state index in [0.717, 1.165) is 34.2 Å². The van der Waals surface area contributed by atoms with Crippen LogP contribution in [0.2, 0.25) is 0 Å². The van der Waals surface area contributed by atoms with E-state index in [-0.39, 0.29) is 11.7 Å². The molecule has 1 amide bonds. The first kappa shape index (κ1) is 19.7. The van der Waals surface area contributed by atoms with Crippen LogP contribution in [0.5, 0.6) is 0 Å². The van der Waals surface area contributed by atoms with E-state index in [2.05, 4.69) is 47.3 Å². The Labute approximate surface area is 169 Å². The second-order valence-corrected chi connectivity index (χ2v) is 7.04. The smallest absolute Gasteiger partial charge is 0.231 e. The van der Waals surface area contributed by atoms with Gasteiger partial charge in [0.2, 0.25) is 5.91 Å². The fraction of sp³-hybridized carbons (Fsp3) is 0.227. The molecule has 6 heteroatoms. The fourth-order valence-corrected chi connectivity index (χ4v) is 3.53. The predicted octanol–water partition coefficient (Wildman–Crippen LogP) is 3.53. The van der Waals surface area contributed by atoms with Gasteiger partial charge in [-0.2, -0.15) is 0 Å². The molecular weight excluding hydrogens is 368 g/mol. The molecule has 0 fully saturated rings. The molecule has 0 spiro atoms. The van der Waals surface area contributed by atoms with E-state index in [1.165, 1.54) is 11.8 Å². The van der Waals surface area contributed by atoms with Crippen molar-refractivity contribution >= 4 is 17.7 Å². The van der Waals surface area contributed by atoms with Crippen LogP contribution in [0.4, 0.5) is 0 Å². The first-order valence-corrected chi connectivity index (χ1v) is 10.1. The van der Waals surface area contributed by atoms with Gasteiger partial charge in [-0.05, 0) is 31.5 Å². The molecule has 0 saturated carbocycles. The van der Waals surface area contributed by atoms with Crippen molar-refractivity contribution in [2.75, 3.05) is 12.3 Å². The molecule has 28 heavy (non-hydrogen) atoms. The van der Waals surface area contributed by atoms with E-state index in [1.807, 2.05) is 53.1 Å². The molecule has 0 unspecified atom stereocenters. The molecule has 0 aliphatic heterocycles. The number of benzene rings is 2. The van der Waals surface area contributed by atoms with Crippen molar-refractivity contribution in [2.45, 2.75) is 25.5 Å². The number of aryl methyl sites for hydroxylation is 1. The van der Waals surface area contributed by atoms with Gasteiger partial charge in [0.25, 0.3) is 0 Å². The van der Waals surface area contributed by atoms with Gasteiger partial charge in [-0.3, -0.25) is 4.79 Å². The van der Waals surface area contributed by atoms with Crippen molar-refractivity contribution < 1.29 is 4.79 Å². The number of carbonyl (C=O) groups excluding carboxylic acids is 1. The largest absolute Gasteiger partial charge is 0.344 e. The molecule has 0 aliphatic rings. The third-order valence-corrected chi connectivity index (χ3v) is 5.10. The summed E-state index contributed by atoms with van der Waals surface area (Å²) in [6, 6.07) is 17.8. The lowest BCUT2D eigenvalue weighted by atomic mass is 10.1. The van der Waals surface area contributed by atoms with E-state index in [1.54, 1.807) is 0 Å². The van der Waals surface area contributed by atoms with Crippen LogP contribution < -0.4 is 5.32 Å². The van der Waals surface area contributed by atoms with Gasteiger partial charge in [-0.15, -0.1) is 10.2 Å². The number of nitrogens with one attached hydrogen (secondary N) is 1. The van der Waals surface area contributed by atoms with E-state index < -0.39 is 0 Å². The number of carbonyl (C=O) groups is 1. The van der Waals surface area contributed by atoms with Gasteiger partial charge in [0.05, 0.1) is 12.3 Å². The first-order valence-electron chi connectivity index (χ1n) is 9.11. The van der Waals surface area contributed by atoms with Crippen LogP contribution in [-0.4, -0.2) is 33.0 Å². The van der Waals surface area contributed by atoms with E-state index in [9.17, 15) is 4.79 Å². The number of aromatic nitrogens is 3. The van der Waals surface area contributed by atoms with Gasteiger partial charge in [0, 0.05) is 17.7 Å². The molecular formula is C22H22N4OS. The van der Waals surface area contributed by atoms with Gasteiger partial charge >= 0.3 is 0 Å². The third kappa shape index (κ3) is 5.02. The number of amides is 1.